The first-order valence-corrected chi connectivity index (χ1v) is 14.1. The van der Waals surface area contributed by atoms with Gasteiger partial charge in [-0.1, -0.05) is 73.7 Å². The Kier molecular flexibility index (Phi) is 7.79. The van der Waals surface area contributed by atoms with Gasteiger partial charge in [0.1, 0.15) is 6.04 Å². The summed E-state index contributed by atoms with van der Waals surface area (Å²) in [5, 5.41) is 14.0. The van der Waals surface area contributed by atoms with Gasteiger partial charge in [-0.2, -0.15) is 0 Å². The number of rotatable bonds is 9. The minimum absolute atomic E-state index is 0.0916. The van der Waals surface area contributed by atoms with E-state index in [1.807, 2.05) is 35.0 Å². The molecule has 1 aliphatic heterocycles. The number of H-pyrrole nitrogens is 1. The van der Waals surface area contributed by atoms with Crippen molar-refractivity contribution >= 4 is 10.9 Å². The van der Waals surface area contributed by atoms with Gasteiger partial charge in [-0.15, -0.1) is 5.10 Å². The summed E-state index contributed by atoms with van der Waals surface area (Å²) in [6.07, 6.45) is 1.75. The molecule has 1 saturated heterocycles. The van der Waals surface area contributed by atoms with Crippen molar-refractivity contribution in [2.75, 3.05) is 26.2 Å². The monoisotopic (exact) mass is 533 g/mol. The van der Waals surface area contributed by atoms with E-state index in [1.54, 1.807) is 0 Å². The quantitative estimate of drug-likeness (QED) is 0.305. The molecule has 0 radical (unpaired) electrons. The largest absolute Gasteiger partial charge is 0.322 e. The molecule has 1 N–H and O–H groups in total. The van der Waals surface area contributed by atoms with Gasteiger partial charge in [-0.3, -0.25) is 14.6 Å². The molecule has 204 valence electrons. The Morgan fingerprint density at radius 2 is 1.57 bits per heavy atom. The fourth-order valence-electron chi connectivity index (χ4n) is 5.66. The molecule has 8 heteroatoms. The van der Waals surface area contributed by atoms with E-state index in [0.717, 1.165) is 56.5 Å². The van der Waals surface area contributed by atoms with Crippen molar-refractivity contribution in [3.05, 3.63) is 123 Å². The second kappa shape index (κ2) is 11.9. The fraction of sp³-hybridized carbons (Fsp3) is 0.312. The summed E-state index contributed by atoms with van der Waals surface area (Å²) < 4.78 is 1.88. The van der Waals surface area contributed by atoms with Crippen molar-refractivity contribution in [2.24, 2.45) is 0 Å². The molecule has 6 rings (SSSR count). The predicted molar refractivity (Wildman–Crippen MR) is 157 cm³/mol. The number of hydrogen-bond donors (Lipinski definition) is 1. The molecular weight excluding hydrogens is 498 g/mol. The number of piperazine rings is 1. The zero-order valence-corrected chi connectivity index (χ0v) is 22.9. The van der Waals surface area contributed by atoms with E-state index in [1.165, 1.54) is 16.7 Å². The van der Waals surface area contributed by atoms with Crippen molar-refractivity contribution < 1.29 is 0 Å². The van der Waals surface area contributed by atoms with Crippen LogP contribution in [-0.4, -0.2) is 61.2 Å². The average molecular weight is 534 g/mol. The number of hydrogen-bond acceptors (Lipinski definition) is 6. The van der Waals surface area contributed by atoms with Gasteiger partial charge < -0.3 is 4.98 Å². The zero-order valence-electron chi connectivity index (χ0n) is 22.9. The maximum atomic E-state index is 13.6. The molecular formula is C32H35N7O. The summed E-state index contributed by atoms with van der Waals surface area (Å²) in [4.78, 5) is 21.6. The molecule has 3 heterocycles. The van der Waals surface area contributed by atoms with Crippen LogP contribution in [0, 0.1) is 0 Å². The molecule has 1 atom stereocenters. The normalized spacial score (nSPS) is 15.4. The summed E-state index contributed by atoms with van der Waals surface area (Å²) in [7, 11) is 0. The molecule has 0 spiro atoms. The lowest BCUT2D eigenvalue weighted by Crippen LogP contribution is -2.48. The number of benzene rings is 3. The third-order valence-electron chi connectivity index (χ3n) is 7.92. The number of pyridine rings is 1. The maximum Gasteiger partial charge on any atom is 0.253 e. The predicted octanol–water partition coefficient (Wildman–Crippen LogP) is 4.23. The van der Waals surface area contributed by atoms with Crippen molar-refractivity contribution in [1.29, 1.82) is 0 Å². The third-order valence-corrected chi connectivity index (χ3v) is 7.92. The number of aromatic amines is 1. The van der Waals surface area contributed by atoms with Gasteiger partial charge in [0.15, 0.2) is 5.82 Å². The summed E-state index contributed by atoms with van der Waals surface area (Å²) in [6, 6.07) is 28.9. The van der Waals surface area contributed by atoms with Gasteiger partial charge in [-0.05, 0) is 63.5 Å². The van der Waals surface area contributed by atoms with Crippen molar-refractivity contribution in [1.82, 2.24) is 35.0 Å². The van der Waals surface area contributed by atoms with Crippen LogP contribution < -0.4 is 5.56 Å². The van der Waals surface area contributed by atoms with Gasteiger partial charge >= 0.3 is 0 Å². The number of nitrogens with zero attached hydrogens (tertiary/aromatic N) is 6. The summed E-state index contributed by atoms with van der Waals surface area (Å²) in [6.45, 7) is 7.15. The van der Waals surface area contributed by atoms with Crippen LogP contribution in [0.15, 0.2) is 89.7 Å². The van der Waals surface area contributed by atoms with E-state index in [4.69, 9.17) is 0 Å². The Morgan fingerprint density at radius 1 is 0.850 bits per heavy atom. The summed E-state index contributed by atoms with van der Waals surface area (Å²) >= 11 is 0. The highest BCUT2D eigenvalue weighted by Crippen LogP contribution is 2.28. The summed E-state index contributed by atoms with van der Waals surface area (Å²) in [5.41, 5.74) is 5.23. The smallest absolute Gasteiger partial charge is 0.253 e. The topological polar surface area (TPSA) is 82.9 Å². The van der Waals surface area contributed by atoms with E-state index in [-0.39, 0.29) is 11.6 Å². The Bertz CT molecular complexity index is 1610. The Hall–Kier alpha value is -4.14. The van der Waals surface area contributed by atoms with Gasteiger partial charge in [-0.25, -0.2) is 4.68 Å². The third kappa shape index (κ3) is 5.73. The van der Waals surface area contributed by atoms with E-state index in [0.29, 0.717) is 17.9 Å². The van der Waals surface area contributed by atoms with E-state index in [9.17, 15) is 4.79 Å². The van der Waals surface area contributed by atoms with Crippen LogP contribution >= 0.6 is 0 Å². The maximum absolute atomic E-state index is 13.6. The number of fused-ring (bicyclic) bond motifs is 1. The van der Waals surface area contributed by atoms with E-state index < -0.39 is 0 Å². The molecule has 0 saturated carbocycles. The molecule has 1 aliphatic rings. The molecule has 1 fully saturated rings. The Morgan fingerprint density at radius 3 is 2.30 bits per heavy atom. The van der Waals surface area contributed by atoms with Crippen LogP contribution in [-0.2, 0) is 25.9 Å². The Balaban J connectivity index is 1.32. The van der Waals surface area contributed by atoms with Crippen LogP contribution in [0.4, 0.5) is 0 Å². The number of aryl methyl sites for hydroxylation is 3. The molecule has 1 unspecified atom stereocenters. The first-order valence-electron chi connectivity index (χ1n) is 14.1. The van der Waals surface area contributed by atoms with Crippen molar-refractivity contribution in [3.63, 3.8) is 0 Å². The number of aromatic nitrogens is 5. The zero-order chi connectivity index (χ0) is 27.3. The van der Waals surface area contributed by atoms with Crippen LogP contribution in [0.25, 0.3) is 10.9 Å². The first kappa shape index (κ1) is 26.1. The minimum atomic E-state index is -0.344. The van der Waals surface area contributed by atoms with Crippen LogP contribution in [0.1, 0.15) is 41.0 Å². The van der Waals surface area contributed by atoms with Crippen molar-refractivity contribution in [2.45, 2.75) is 38.9 Å². The molecule has 0 amide bonds. The van der Waals surface area contributed by atoms with Gasteiger partial charge in [0.2, 0.25) is 0 Å². The van der Waals surface area contributed by atoms with Crippen LogP contribution in [0.2, 0.25) is 0 Å². The molecule has 0 bridgehead atoms. The average Bonchev–Trinajstić information content (AvgIpc) is 3.46. The van der Waals surface area contributed by atoms with Gasteiger partial charge in [0, 0.05) is 50.3 Å². The second-order valence-corrected chi connectivity index (χ2v) is 10.5. The molecule has 40 heavy (non-hydrogen) atoms. The van der Waals surface area contributed by atoms with Gasteiger partial charge in [0.25, 0.3) is 5.56 Å². The summed E-state index contributed by atoms with van der Waals surface area (Å²) in [5.74, 6) is 0.712. The minimum Gasteiger partial charge on any atom is -0.322 e. The second-order valence-electron chi connectivity index (χ2n) is 10.5. The molecule has 2 aromatic heterocycles. The SMILES string of the molecule is CCc1ccc2[nH]c(=O)c(C(c3nnnn3CCc3ccccc3)N3CCN(Cc4ccccc4)CC3)cc2c1. The highest BCUT2D eigenvalue weighted by atomic mass is 16.1. The molecule has 0 aliphatic carbocycles. The fourth-order valence-corrected chi connectivity index (χ4v) is 5.66. The number of nitrogens with one attached hydrogen (secondary N) is 1. The molecule has 3 aromatic carbocycles. The van der Waals surface area contributed by atoms with Crippen molar-refractivity contribution in [3.8, 4) is 0 Å². The number of tetrazole rings is 1. The standard InChI is InChI=1S/C32H35N7O/c1-2-24-13-14-29-27(21-24)22-28(32(40)33-29)30(31-34-35-36-39(31)16-15-25-9-5-3-6-10-25)38-19-17-37(18-20-38)23-26-11-7-4-8-12-26/h3-14,21-22,30H,2,15-20,23H2,1H3,(H,33,40). The molecule has 8 nitrogen and oxygen atoms in total. The van der Waals surface area contributed by atoms with E-state index >= 15 is 0 Å². The highest BCUT2D eigenvalue weighted by molar-refractivity contribution is 5.80. The van der Waals surface area contributed by atoms with Crippen LogP contribution in [0.5, 0.6) is 0 Å². The van der Waals surface area contributed by atoms with E-state index in [2.05, 4.69) is 91.8 Å². The van der Waals surface area contributed by atoms with Crippen LogP contribution in [0.3, 0.4) is 0 Å². The lowest BCUT2D eigenvalue weighted by Gasteiger charge is -2.38. The first-order chi connectivity index (χ1) is 19.7. The van der Waals surface area contributed by atoms with Gasteiger partial charge in [0.05, 0.1) is 0 Å². The highest BCUT2D eigenvalue weighted by Gasteiger charge is 2.32. The lowest BCUT2D eigenvalue weighted by molar-refractivity contribution is 0.0996. The molecule has 5 aromatic rings. The Labute approximate surface area is 234 Å². The lowest BCUT2D eigenvalue weighted by atomic mass is 10.0.